The maximum Gasteiger partial charge on any atom is 0.242 e. The Hall–Kier alpha value is -0.920. The fourth-order valence-corrected chi connectivity index (χ4v) is 5.55. The first-order chi connectivity index (χ1) is 10.4. The molecular weight excluding hydrogens is 368 g/mol. The number of halogens is 1. The van der Waals surface area contributed by atoms with Crippen LogP contribution in [0.15, 0.2) is 21.5 Å². The molecule has 0 bridgehead atoms. The second kappa shape index (κ2) is 5.94. The molecule has 120 valence electrons. The van der Waals surface area contributed by atoms with E-state index in [-0.39, 0.29) is 16.8 Å². The molecule has 1 aliphatic carbocycles. The Morgan fingerprint density at radius 3 is 2.64 bits per heavy atom. The molecular formula is C15H19BrN2O3S. The van der Waals surface area contributed by atoms with Crippen molar-refractivity contribution in [3.8, 4) is 0 Å². The van der Waals surface area contributed by atoms with E-state index in [1.807, 2.05) is 6.07 Å². The van der Waals surface area contributed by atoms with E-state index in [0.29, 0.717) is 18.7 Å². The van der Waals surface area contributed by atoms with Crippen LogP contribution in [-0.2, 0) is 21.2 Å². The van der Waals surface area contributed by atoms with Crippen molar-refractivity contribution in [1.29, 1.82) is 0 Å². The van der Waals surface area contributed by atoms with Crippen molar-refractivity contribution in [2.75, 3.05) is 11.4 Å². The third-order valence-electron chi connectivity index (χ3n) is 4.34. The lowest BCUT2D eigenvalue weighted by molar-refractivity contribution is -0.116. The topological polar surface area (TPSA) is 66.5 Å². The van der Waals surface area contributed by atoms with Gasteiger partial charge in [-0.3, -0.25) is 4.79 Å². The number of nitrogens with zero attached hydrogens (tertiary/aromatic N) is 1. The largest absolute Gasteiger partial charge is 0.311 e. The zero-order valence-corrected chi connectivity index (χ0v) is 14.8. The summed E-state index contributed by atoms with van der Waals surface area (Å²) in [6.07, 6.45) is 4.56. The number of anilines is 1. The fourth-order valence-electron chi connectivity index (χ4n) is 3.32. The second-order valence-corrected chi connectivity index (χ2v) is 8.53. The first kappa shape index (κ1) is 16.0. The smallest absolute Gasteiger partial charge is 0.242 e. The van der Waals surface area contributed by atoms with E-state index in [1.165, 1.54) is 6.92 Å². The highest BCUT2D eigenvalue weighted by Gasteiger charge is 2.32. The number of fused-ring (bicyclic) bond motifs is 1. The van der Waals surface area contributed by atoms with Crippen molar-refractivity contribution < 1.29 is 13.2 Å². The van der Waals surface area contributed by atoms with Crippen molar-refractivity contribution >= 4 is 37.5 Å². The zero-order valence-electron chi connectivity index (χ0n) is 12.4. The van der Waals surface area contributed by atoms with E-state index >= 15 is 0 Å². The van der Waals surface area contributed by atoms with Crippen LogP contribution in [0.1, 0.15) is 38.2 Å². The van der Waals surface area contributed by atoms with Gasteiger partial charge in [0, 0.05) is 24.0 Å². The normalized spacial score (nSPS) is 18.7. The van der Waals surface area contributed by atoms with Crippen LogP contribution < -0.4 is 9.62 Å². The van der Waals surface area contributed by atoms with Gasteiger partial charge in [-0.15, -0.1) is 0 Å². The number of nitrogens with one attached hydrogen (secondary N) is 1. The van der Waals surface area contributed by atoms with Crippen LogP contribution in [0.5, 0.6) is 0 Å². The summed E-state index contributed by atoms with van der Waals surface area (Å²) in [6.45, 7) is 2.00. The summed E-state index contributed by atoms with van der Waals surface area (Å²) in [4.78, 5) is 13.6. The molecule has 3 rings (SSSR count). The molecule has 0 aromatic heterocycles. The lowest BCUT2D eigenvalue weighted by Gasteiger charge is -2.20. The van der Waals surface area contributed by atoms with Gasteiger partial charge in [0.15, 0.2) is 0 Å². The molecule has 0 atom stereocenters. The molecule has 7 heteroatoms. The van der Waals surface area contributed by atoms with Crippen LogP contribution in [0.2, 0.25) is 0 Å². The summed E-state index contributed by atoms with van der Waals surface area (Å²) in [5, 5.41) is 0. The average Bonchev–Trinajstić information content (AvgIpc) is 3.05. The quantitative estimate of drug-likeness (QED) is 0.867. The van der Waals surface area contributed by atoms with Crippen LogP contribution in [-0.4, -0.2) is 26.9 Å². The van der Waals surface area contributed by atoms with E-state index in [4.69, 9.17) is 0 Å². The highest BCUT2D eigenvalue weighted by Crippen LogP contribution is 2.37. The maximum atomic E-state index is 12.8. The summed E-state index contributed by atoms with van der Waals surface area (Å²) < 4.78 is 29.1. The van der Waals surface area contributed by atoms with Gasteiger partial charge in [-0.25, -0.2) is 13.1 Å². The van der Waals surface area contributed by atoms with Gasteiger partial charge < -0.3 is 4.90 Å². The number of carbonyl (C=O) groups excluding carboxylic acids is 1. The molecule has 1 aliphatic heterocycles. The minimum absolute atomic E-state index is 0.00631. The Kier molecular flexibility index (Phi) is 4.31. The molecule has 0 unspecified atom stereocenters. The van der Waals surface area contributed by atoms with Crippen molar-refractivity contribution in [3.63, 3.8) is 0 Å². The SMILES string of the molecule is CC(=O)N1CCc2cc(Br)cc(S(=O)(=O)NC3CCCC3)c21. The number of rotatable bonds is 3. The highest BCUT2D eigenvalue weighted by atomic mass is 79.9. The van der Waals surface area contributed by atoms with Gasteiger partial charge in [-0.05, 0) is 37.0 Å². The maximum absolute atomic E-state index is 12.8. The highest BCUT2D eigenvalue weighted by molar-refractivity contribution is 9.10. The Labute approximate surface area is 139 Å². The van der Waals surface area contributed by atoms with Crippen LogP contribution in [0.3, 0.4) is 0 Å². The summed E-state index contributed by atoms with van der Waals surface area (Å²) in [6, 6.07) is 3.50. The molecule has 0 saturated heterocycles. The number of carbonyl (C=O) groups is 1. The third kappa shape index (κ3) is 2.94. The Bertz CT molecular complexity index is 712. The summed E-state index contributed by atoms with van der Waals surface area (Å²) in [5.74, 6) is -0.126. The van der Waals surface area contributed by atoms with E-state index < -0.39 is 10.0 Å². The molecule has 1 aromatic rings. The van der Waals surface area contributed by atoms with Crippen molar-refractivity contribution in [3.05, 3.63) is 22.2 Å². The molecule has 5 nitrogen and oxygen atoms in total. The van der Waals surface area contributed by atoms with Gasteiger partial charge in [0.2, 0.25) is 15.9 Å². The van der Waals surface area contributed by atoms with Crippen LogP contribution in [0, 0.1) is 0 Å². The second-order valence-electron chi connectivity index (χ2n) is 5.93. The summed E-state index contributed by atoms with van der Waals surface area (Å²) in [5.41, 5.74) is 1.44. The van der Waals surface area contributed by atoms with Gasteiger partial charge in [0.05, 0.1) is 5.69 Å². The van der Waals surface area contributed by atoms with Crippen molar-refractivity contribution in [2.24, 2.45) is 0 Å². The predicted octanol–water partition coefficient (Wildman–Crippen LogP) is 2.58. The summed E-state index contributed by atoms with van der Waals surface area (Å²) >= 11 is 3.38. The molecule has 1 fully saturated rings. The zero-order chi connectivity index (χ0) is 15.9. The summed E-state index contributed by atoms with van der Waals surface area (Å²) in [7, 11) is -3.63. The van der Waals surface area contributed by atoms with Gasteiger partial charge in [0.25, 0.3) is 0 Å². The van der Waals surface area contributed by atoms with Gasteiger partial charge in [-0.1, -0.05) is 28.8 Å². The molecule has 1 saturated carbocycles. The molecule has 22 heavy (non-hydrogen) atoms. The molecule has 2 aliphatic rings. The minimum Gasteiger partial charge on any atom is -0.311 e. The Morgan fingerprint density at radius 2 is 2.00 bits per heavy atom. The molecule has 0 radical (unpaired) electrons. The van der Waals surface area contributed by atoms with Gasteiger partial charge in [-0.2, -0.15) is 0 Å². The first-order valence-corrected chi connectivity index (χ1v) is 9.79. The first-order valence-electron chi connectivity index (χ1n) is 7.51. The van der Waals surface area contributed by atoms with Crippen LogP contribution in [0.25, 0.3) is 0 Å². The van der Waals surface area contributed by atoms with E-state index in [1.54, 1.807) is 11.0 Å². The Balaban J connectivity index is 2.04. The molecule has 1 heterocycles. The third-order valence-corrected chi connectivity index (χ3v) is 6.33. The average molecular weight is 387 g/mol. The van der Waals surface area contributed by atoms with Gasteiger partial charge in [0.1, 0.15) is 4.90 Å². The van der Waals surface area contributed by atoms with Crippen molar-refractivity contribution in [1.82, 2.24) is 4.72 Å². The van der Waals surface area contributed by atoms with Crippen LogP contribution >= 0.6 is 15.9 Å². The number of sulfonamides is 1. The molecule has 1 N–H and O–H groups in total. The monoisotopic (exact) mass is 386 g/mol. The predicted molar refractivity (Wildman–Crippen MR) is 88.5 cm³/mol. The number of hydrogen-bond acceptors (Lipinski definition) is 3. The van der Waals surface area contributed by atoms with E-state index in [2.05, 4.69) is 20.7 Å². The fraction of sp³-hybridized carbons (Fsp3) is 0.533. The number of hydrogen-bond donors (Lipinski definition) is 1. The lowest BCUT2D eigenvalue weighted by atomic mass is 10.2. The molecule has 1 amide bonds. The van der Waals surface area contributed by atoms with Gasteiger partial charge >= 0.3 is 0 Å². The number of benzene rings is 1. The molecule has 1 aromatic carbocycles. The van der Waals surface area contributed by atoms with Crippen molar-refractivity contribution in [2.45, 2.75) is 50.0 Å². The van der Waals surface area contributed by atoms with E-state index in [0.717, 1.165) is 35.7 Å². The van der Waals surface area contributed by atoms with Crippen LogP contribution in [0.4, 0.5) is 5.69 Å². The Morgan fingerprint density at radius 1 is 1.32 bits per heavy atom. The standard InChI is InChI=1S/C15H19BrN2O3S/c1-10(19)18-7-6-11-8-12(16)9-14(15(11)18)22(20,21)17-13-4-2-3-5-13/h8-9,13,17H,2-7H2,1H3. The number of amides is 1. The van der Waals surface area contributed by atoms with E-state index in [9.17, 15) is 13.2 Å². The lowest BCUT2D eigenvalue weighted by Crippen LogP contribution is -2.34. The molecule has 0 spiro atoms. The minimum atomic E-state index is -3.63.